The van der Waals surface area contributed by atoms with E-state index in [0.717, 1.165) is 0 Å². The van der Waals surface area contributed by atoms with Crippen LogP contribution in [0.5, 0.6) is 0 Å². The van der Waals surface area contributed by atoms with Gasteiger partial charge in [-0.25, -0.2) is 15.0 Å². The van der Waals surface area contributed by atoms with Gasteiger partial charge in [0.25, 0.3) is 5.56 Å². The molecule has 0 aliphatic carbocycles. The molecule has 108 valence electrons. The molecule has 6 nitrogen and oxygen atoms in total. The number of aromatic nitrogens is 4. The van der Waals surface area contributed by atoms with Crippen molar-refractivity contribution in [1.29, 1.82) is 5.26 Å². The van der Waals surface area contributed by atoms with Crippen LogP contribution in [0.4, 0.5) is 0 Å². The zero-order valence-electron chi connectivity index (χ0n) is 11.5. The Morgan fingerprint density at radius 2 is 1.95 bits per heavy atom. The molecular formula is C15H11N5OS. The number of nitriles is 1. The lowest BCUT2D eigenvalue weighted by atomic mass is 10.2. The summed E-state index contributed by atoms with van der Waals surface area (Å²) in [5, 5.41) is 10.1. The number of benzene rings is 1. The summed E-state index contributed by atoms with van der Waals surface area (Å²) in [5.41, 5.74) is 0.433. The number of hydrogen-bond donors (Lipinski definition) is 0. The number of rotatable bonds is 4. The maximum absolute atomic E-state index is 12.5. The van der Waals surface area contributed by atoms with Gasteiger partial charge < -0.3 is 0 Å². The van der Waals surface area contributed by atoms with Crippen LogP contribution >= 0.6 is 11.8 Å². The second kappa shape index (κ2) is 6.37. The summed E-state index contributed by atoms with van der Waals surface area (Å²) in [6, 6.07) is 10.9. The Morgan fingerprint density at radius 3 is 2.73 bits per heavy atom. The Bertz CT molecular complexity index is 901. The van der Waals surface area contributed by atoms with Crippen molar-refractivity contribution in [2.75, 3.05) is 0 Å². The summed E-state index contributed by atoms with van der Waals surface area (Å²) in [6.45, 7) is -0.0256. The molecule has 3 rings (SSSR count). The van der Waals surface area contributed by atoms with Gasteiger partial charge in [-0.15, -0.1) is 0 Å². The van der Waals surface area contributed by atoms with Crippen molar-refractivity contribution in [3.8, 4) is 6.07 Å². The molecule has 0 spiro atoms. The van der Waals surface area contributed by atoms with Gasteiger partial charge in [0.15, 0.2) is 5.16 Å². The van der Waals surface area contributed by atoms with Gasteiger partial charge in [0.1, 0.15) is 12.4 Å². The van der Waals surface area contributed by atoms with Crippen molar-refractivity contribution in [2.24, 2.45) is 0 Å². The van der Waals surface area contributed by atoms with Crippen LogP contribution in [-0.2, 0) is 12.3 Å². The molecule has 3 aromatic rings. The lowest BCUT2D eigenvalue weighted by molar-refractivity contribution is 0.729. The number of hydrogen-bond acceptors (Lipinski definition) is 6. The number of fused-ring (bicyclic) bond motifs is 1. The Balaban J connectivity index is 2.02. The maximum atomic E-state index is 12.5. The van der Waals surface area contributed by atoms with Crippen molar-refractivity contribution < 1.29 is 0 Å². The zero-order valence-corrected chi connectivity index (χ0v) is 12.3. The molecule has 0 aliphatic rings. The van der Waals surface area contributed by atoms with E-state index in [2.05, 4.69) is 15.0 Å². The monoisotopic (exact) mass is 309 g/mol. The minimum atomic E-state index is -0.197. The molecule has 22 heavy (non-hydrogen) atoms. The summed E-state index contributed by atoms with van der Waals surface area (Å²) < 4.78 is 1.40. The molecule has 0 aliphatic heterocycles. The predicted molar refractivity (Wildman–Crippen MR) is 83.2 cm³/mol. The fourth-order valence-corrected chi connectivity index (χ4v) is 2.80. The Hall–Kier alpha value is -2.72. The van der Waals surface area contributed by atoms with Gasteiger partial charge in [-0.05, 0) is 18.2 Å². The van der Waals surface area contributed by atoms with E-state index in [1.165, 1.54) is 16.3 Å². The Morgan fingerprint density at radius 1 is 1.18 bits per heavy atom. The van der Waals surface area contributed by atoms with E-state index in [1.54, 1.807) is 36.7 Å². The minimum absolute atomic E-state index is 0.0256. The normalized spacial score (nSPS) is 10.5. The highest BCUT2D eigenvalue weighted by atomic mass is 32.2. The summed E-state index contributed by atoms with van der Waals surface area (Å²) in [7, 11) is 0. The average molecular weight is 309 g/mol. The van der Waals surface area contributed by atoms with Gasteiger partial charge in [0.05, 0.1) is 22.7 Å². The lowest BCUT2D eigenvalue weighted by Gasteiger charge is -2.10. The second-order valence-electron chi connectivity index (χ2n) is 4.41. The van der Waals surface area contributed by atoms with E-state index >= 15 is 0 Å². The van der Waals surface area contributed by atoms with E-state index in [-0.39, 0.29) is 12.1 Å². The molecule has 0 saturated heterocycles. The Kier molecular flexibility index (Phi) is 4.12. The molecule has 0 radical (unpaired) electrons. The standard InChI is InChI=1S/C15H11N5OS/c16-6-9-20-13(10-22-15-17-7-3-8-18-15)19-12-5-2-1-4-11(12)14(20)21/h1-5,7-8H,9-10H2. The number of para-hydroxylation sites is 1. The van der Waals surface area contributed by atoms with Gasteiger partial charge in [0.2, 0.25) is 0 Å². The molecule has 0 N–H and O–H groups in total. The summed E-state index contributed by atoms with van der Waals surface area (Å²) in [6.07, 6.45) is 3.32. The molecule has 0 bridgehead atoms. The van der Waals surface area contributed by atoms with Gasteiger partial charge in [-0.3, -0.25) is 9.36 Å². The van der Waals surface area contributed by atoms with Gasteiger partial charge >= 0.3 is 0 Å². The number of nitrogens with zero attached hydrogens (tertiary/aromatic N) is 5. The zero-order chi connectivity index (χ0) is 15.4. The summed E-state index contributed by atoms with van der Waals surface area (Å²) in [5.74, 6) is 0.967. The molecular weight excluding hydrogens is 298 g/mol. The lowest BCUT2D eigenvalue weighted by Crippen LogP contribution is -2.24. The smallest absolute Gasteiger partial charge is 0.262 e. The first-order valence-corrected chi connectivity index (χ1v) is 7.53. The first kappa shape index (κ1) is 14.2. The third-order valence-electron chi connectivity index (χ3n) is 3.04. The first-order valence-electron chi connectivity index (χ1n) is 6.55. The van der Waals surface area contributed by atoms with Crippen molar-refractivity contribution in [3.63, 3.8) is 0 Å². The average Bonchev–Trinajstić information content (AvgIpc) is 2.57. The summed E-state index contributed by atoms with van der Waals surface area (Å²) in [4.78, 5) is 25.2. The van der Waals surface area contributed by atoms with E-state index in [1.807, 2.05) is 12.1 Å². The van der Waals surface area contributed by atoms with Gasteiger partial charge in [-0.2, -0.15) is 5.26 Å². The molecule has 0 unspecified atom stereocenters. The highest BCUT2D eigenvalue weighted by molar-refractivity contribution is 7.98. The fourth-order valence-electron chi connectivity index (χ4n) is 2.05. The second-order valence-corrected chi connectivity index (χ2v) is 5.36. The van der Waals surface area contributed by atoms with Crippen LogP contribution < -0.4 is 5.56 Å². The molecule has 0 saturated carbocycles. The van der Waals surface area contributed by atoms with Crippen LogP contribution in [0.15, 0.2) is 52.7 Å². The van der Waals surface area contributed by atoms with Crippen LogP contribution in [0, 0.1) is 11.3 Å². The number of thioether (sulfide) groups is 1. The predicted octanol–water partition coefficient (Wildman–Crippen LogP) is 2.00. The highest BCUT2D eigenvalue weighted by Crippen LogP contribution is 2.18. The van der Waals surface area contributed by atoms with Crippen LogP contribution in [0.2, 0.25) is 0 Å². The largest absolute Gasteiger partial charge is 0.281 e. The Labute approximate surface area is 130 Å². The third kappa shape index (κ3) is 2.82. The molecule has 2 aromatic heterocycles. The van der Waals surface area contributed by atoms with E-state index in [4.69, 9.17) is 5.26 Å². The van der Waals surface area contributed by atoms with Crippen LogP contribution in [0.25, 0.3) is 10.9 Å². The molecule has 2 heterocycles. The van der Waals surface area contributed by atoms with Gasteiger partial charge in [0, 0.05) is 12.4 Å². The van der Waals surface area contributed by atoms with Crippen LogP contribution in [0.3, 0.4) is 0 Å². The molecule has 7 heteroatoms. The van der Waals surface area contributed by atoms with Crippen molar-refractivity contribution >= 4 is 22.7 Å². The maximum Gasteiger partial charge on any atom is 0.262 e. The van der Waals surface area contributed by atoms with Crippen LogP contribution in [-0.4, -0.2) is 19.5 Å². The first-order chi connectivity index (χ1) is 10.8. The minimum Gasteiger partial charge on any atom is -0.281 e. The van der Waals surface area contributed by atoms with Crippen molar-refractivity contribution in [3.05, 3.63) is 58.9 Å². The van der Waals surface area contributed by atoms with E-state index in [0.29, 0.717) is 27.6 Å². The van der Waals surface area contributed by atoms with Crippen molar-refractivity contribution in [1.82, 2.24) is 19.5 Å². The SMILES string of the molecule is N#CCn1c(CSc2ncccn2)nc2ccccc2c1=O. The third-order valence-corrected chi connectivity index (χ3v) is 3.91. The molecule has 1 aromatic carbocycles. The van der Waals surface area contributed by atoms with Crippen molar-refractivity contribution in [2.45, 2.75) is 17.5 Å². The van der Waals surface area contributed by atoms with Crippen LogP contribution in [0.1, 0.15) is 5.82 Å². The topological polar surface area (TPSA) is 84.5 Å². The van der Waals surface area contributed by atoms with E-state index < -0.39 is 0 Å². The molecule has 0 atom stereocenters. The quantitative estimate of drug-likeness (QED) is 0.541. The van der Waals surface area contributed by atoms with E-state index in [9.17, 15) is 4.79 Å². The van der Waals surface area contributed by atoms with Gasteiger partial charge in [-0.1, -0.05) is 23.9 Å². The molecule has 0 fully saturated rings. The fraction of sp³-hybridized carbons (Fsp3) is 0.133. The summed E-state index contributed by atoms with van der Waals surface area (Å²) >= 11 is 1.38. The highest BCUT2D eigenvalue weighted by Gasteiger charge is 2.11. The molecule has 0 amide bonds.